The lowest BCUT2D eigenvalue weighted by molar-refractivity contribution is 0.0917. The Morgan fingerprint density at radius 3 is 2.95 bits per heavy atom. The summed E-state index contributed by atoms with van der Waals surface area (Å²) < 4.78 is 6.36. The first kappa shape index (κ1) is 14.8. The standard InChI is InChI=1S/C17H18N2O2S/c1-11(2)14-9-15(21-19-14)17(20)18-8-7-12-10-22-16-6-4-3-5-13(12)16/h3-6,9-11H,7-8H2,1-2H3,(H,18,20). The molecule has 4 nitrogen and oxygen atoms in total. The number of nitrogens with one attached hydrogen (secondary N) is 1. The minimum Gasteiger partial charge on any atom is -0.351 e. The second-order valence-electron chi connectivity index (χ2n) is 5.53. The molecule has 0 spiro atoms. The fourth-order valence-electron chi connectivity index (χ4n) is 2.29. The van der Waals surface area contributed by atoms with Crippen LogP contribution in [0.4, 0.5) is 0 Å². The summed E-state index contributed by atoms with van der Waals surface area (Å²) in [5, 5.41) is 10.2. The van der Waals surface area contributed by atoms with Crippen molar-refractivity contribution in [3.8, 4) is 0 Å². The average molecular weight is 314 g/mol. The van der Waals surface area contributed by atoms with Crippen LogP contribution in [0, 0.1) is 0 Å². The van der Waals surface area contributed by atoms with Gasteiger partial charge < -0.3 is 9.84 Å². The molecule has 0 saturated heterocycles. The molecule has 1 N–H and O–H groups in total. The van der Waals surface area contributed by atoms with Gasteiger partial charge in [-0.05, 0) is 34.7 Å². The largest absolute Gasteiger partial charge is 0.351 e. The number of aromatic nitrogens is 1. The molecular weight excluding hydrogens is 296 g/mol. The van der Waals surface area contributed by atoms with Crippen LogP contribution in [0.15, 0.2) is 40.2 Å². The molecule has 0 unspecified atom stereocenters. The van der Waals surface area contributed by atoms with Crippen molar-refractivity contribution in [2.45, 2.75) is 26.2 Å². The van der Waals surface area contributed by atoms with Crippen molar-refractivity contribution in [3.63, 3.8) is 0 Å². The molecule has 3 aromatic rings. The maximum absolute atomic E-state index is 12.0. The summed E-state index contributed by atoms with van der Waals surface area (Å²) in [5.41, 5.74) is 2.07. The van der Waals surface area contributed by atoms with E-state index in [4.69, 9.17) is 4.52 Å². The van der Waals surface area contributed by atoms with Gasteiger partial charge in [-0.2, -0.15) is 0 Å². The molecule has 114 valence electrons. The average Bonchev–Trinajstić information content (AvgIpc) is 3.14. The van der Waals surface area contributed by atoms with Gasteiger partial charge in [0.15, 0.2) is 0 Å². The Kier molecular flexibility index (Phi) is 4.24. The topological polar surface area (TPSA) is 55.1 Å². The van der Waals surface area contributed by atoms with Gasteiger partial charge in [0.05, 0.1) is 5.69 Å². The summed E-state index contributed by atoms with van der Waals surface area (Å²) in [6.45, 7) is 4.61. The van der Waals surface area contributed by atoms with Crippen LogP contribution in [0.3, 0.4) is 0 Å². The number of carbonyl (C=O) groups is 1. The monoisotopic (exact) mass is 314 g/mol. The van der Waals surface area contributed by atoms with Crippen molar-refractivity contribution in [2.24, 2.45) is 0 Å². The predicted octanol–water partition coefficient (Wildman–Crippen LogP) is 3.99. The molecule has 0 aliphatic rings. The first-order chi connectivity index (χ1) is 10.6. The third kappa shape index (κ3) is 3.04. The third-order valence-electron chi connectivity index (χ3n) is 3.58. The number of carbonyl (C=O) groups excluding carboxylic acids is 1. The Balaban J connectivity index is 1.59. The fourth-order valence-corrected chi connectivity index (χ4v) is 3.29. The molecule has 0 atom stereocenters. The van der Waals surface area contributed by atoms with Crippen LogP contribution in [0.2, 0.25) is 0 Å². The lowest BCUT2D eigenvalue weighted by Gasteiger charge is -2.02. The Labute approximate surface area is 133 Å². The molecule has 0 aliphatic carbocycles. The smallest absolute Gasteiger partial charge is 0.289 e. The van der Waals surface area contributed by atoms with Crippen molar-refractivity contribution in [1.29, 1.82) is 0 Å². The number of benzene rings is 1. The van der Waals surface area contributed by atoms with E-state index in [0.29, 0.717) is 6.54 Å². The van der Waals surface area contributed by atoms with E-state index < -0.39 is 0 Å². The second-order valence-corrected chi connectivity index (χ2v) is 6.44. The van der Waals surface area contributed by atoms with E-state index >= 15 is 0 Å². The molecule has 2 heterocycles. The zero-order chi connectivity index (χ0) is 15.5. The van der Waals surface area contributed by atoms with Crippen LogP contribution in [0.5, 0.6) is 0 Å². The lowest BCUT2D eigenvalue weighted by Crippen LogP contribution is -2.25. The molecule has 0 saturated carbocycles. The van der Waals surface area contributed by atoms with E-state index in [1.807, 2.05) is 26.0 Å². The third-order valence-corrected chi connectivity index (χ3v) is 4.60. The van der Waals surface area contributed by atoms with E-state index in [9.17, 15) is 4.79 Å². The number of hydrogen-bond acceptors (Lipinski definition) is 4. The highest BCUT2D eigenvalue weighted by atomic mass is 32.1. The van der Waals surface area contributed by atoms with Crippen molar-refractivity contribution < 1.29 is 9.32 Å². The van der Waals surface area contributed by atoms with E-state index in [1.54, 1.807) is 17.4 Å². The van der Waals surface area contributed by atoms with E-state index in [2.05, 4.69) is 28.0 Å². The highest BCUT2D eigenvalue weighted by Crippen LogP contribution is 2.25. The molecule has 1 aromatic carbocycles. The second kappa shape index (κ2) is 6.32. The van der Waals surface area contributed by atoms with Gasteiger partial charge >= 0.3 is 0 Å². The zero-order valence-corrected chi connectivity index (χ0v) is 13.4. The molecule has 0 aliphatic heterocycles. The molecular formula is C17H18N2O2S. The molecule has 1 amide bonds. The molecule has 0 bridgehead atoms. The minimum absolute atomic E-state index is 0.209. The van der Waals surface area contributed by atoms with Crippen molar-refractivity contribution in [3.05, 3.63) is 52.7 Å². The van der Waals surface area contributed by atoms with Gasteiger partial charge in [-0.1, -0.05) is 37.2 Å². The Bertz CT molecular complexity index is 789. The Morgan fingerprint density at radius 1 is 1.36 bits per heavy atom. The summed E-state index contributed by atoms with van der Waals surface area (Å²) in [4.78, 5) is 12.0. The lowest BCUT2D eigenvalue weighted by atomic mass is 10.1. The molecule has 2 aromatic heterocycles. The number of rotatable bonds is 5. The summed E-state index contributed by atoms with van der Waals surface area (Å²) in [6, 6.07) is 10.0. The van der Waals surface area contributed by atoms with Gasteiger partial charge in [-0.25, -0.2) is 0 Å². The maximum Gasteiger partial charge on any atom is 0.289 e. The van der Waals surface area contributed by atoms with Crippen LogP contribution in [0.1, 0.15) is 41.6 Å². The summed E-state index contributed by atoms with van der Waals surface area (Å²) in [6.07, 6.45) is 0.806. The van der Waals surface area contributed by atoms with Crippen LogP contribution in [-0.4, -0.2) is 17.6 Å². The van der Waals surface area contributed by atoms with Crippen molar-refractivity contribution in [2.75, 3.05) is 6.54 Å². The molecule has 22 heavy (non-hydrogen) atoms. The van der Waals surface area contributed by atoms with Gasteiger partial charge in [-0.3, -0.25) is 4.79 Å². The highest BCUT2D eigenvalue weighted by Gasteiger charge is 2.14. The normalized spacial score (nSPS) is 11.2. The molecule has 0 fully saturated rings. The summed E-state index contributed by atoms with van der Waals surface area (Å²) in [7, 11) is 0. The summed E-state index contributed by atoms with van der Waals surface area (Å²) in [5.74, 6) is 0.320. The van der Waals surface area contributed by atoms with Crippen molar-refractivity contribution in [1.82, 2.24) is 10.5 Å². The minimum atomic E-state index is -0.209. The van der Waals surface area contributed by atoms with E-state index in [-0.39, 0.29) is 17.6 Å². The summed E-state index contributed by atoms with van der Waals surface area (Å²) >= 11 is 1.73. The van der Waals surface area contributed by atoms with Gasteiger partial charge in [0, 0.05) is 17.3 Å². The van der Waals surface area contributed by atoms with Crippen molar-refractivity contribution >= 4 is 27.3 Å². The van der Waals surface area contributed by atoms with Gasteiger partial charge in [0.1, 0.15) is 0 Å². The number of fused-ring (bicyclic) bond motifs is 1. The number of thiophene rings is 1. The Morgan fingerprint density at radius 2 is 2.18 bits per heavy atom. The maximum atomic E-state index is 12.0. The number of hydrogen-bond donors (Lipinski definition) is 1. The van der Waals surface area contributed by atoms with Crippen LogP contribution in [0.25, 0.3) is 10.1 Å². The van der Waals surface area contributed by atoms with Gasteiger partial charge in [0.2, 0.25) is 5.76 Å². The van der Waals surface area contributed by atoms with Crippen LogP contribution < -0.4 is 5.32 Å². The molecule has 3 rings (SSSR count). The fraction of sp³-hybridized carbons (Fsp3) is 0.294. The predicted molar refractivity (Wildman–Crippen MR) is 88.5 cm³/mol. The molecule has 0 radical (unpaired) electrons. The Hall–Kier alpha value is -2.14. The quantitative estimate of drug-likeness (QED) is 0.775. The first-order valence-electron chi connectivity index (χ1n) is 7.35. The van der Waals surface area contributed by atoms with Gasteiger partial charge in [-0.15, -0.1) is 11.3 Å². The number of nitrogens with zero attached hydrogens (tertiary/aromatic N) is 1. The molecule has 5 heteroatoms. The van der Waals surface area contributed by atoms with Crippen LogP contribution in [-0.2, 0) is 6.42 Å². The van der Waals surface area contributed by atoms with E-state index in [1.165, 1.54) is 15.6 Å². The van der Waals surface area contributed by atoms with Crippen LogP contribution >= 0.6 is 11.3 Å². The first-order valence-corrected chi connectivity index (χ1v) is 8.23. The number of amides is 1. The highest BCUT2D eigenvalue weighted by molar-refractivity contribution is 7.17. The SMILES string of the molecule is CC(C)c1cc(C(=O)NCCc2csc3ccccc23)on1. The zero-order valence-electron chi connectivity index (χ0n) is 12.6. The van der Waals surface area contributed by atoms with E-state index in [0.717, 1.165) is 12.1 Å². The van der Waals surface area contributed by atoms with Gasteiger partial charge in [0.25, 0.3) is 5.91 Å².